The van der Waals surface area contributed by atoms with Gasteiger partial charge in [-0.1, -0.05) is 61.2 Å². The summed E-state index contributed by atoms with van der Waals surface area (Å²) in [5.74, 6) is 0. The quantitative estimate of drug-likeness (QED) is 0.615. The summed E-state index contributed by atoms with van der Waals surface area (Å²) in [5.41, 5.74) is 5.01. The highest BCUT2D eigenvalue weighted by atomic mass is 15.0. The van der Waals surface area contributed by atoms with Crippen molar-refractivity contribution in [2.75, 3.05) is 0 Å². The number of hydrogen-bond donors (Lipinski definition) is 0. The summed E-state index contributed by atoms with van der Waals surface area (Å²) >= 11 is 0. The molecule has 2 aromatic carbocycles. The highest BCUT2D eigenvalue weighted by Crippen LogP contribution is 2.34. The third kappa shape index (κ3) is 1.78. The first-order valence-corrected chi connectivity index (χ1v) is 6.66. The molecular formula is C18H17N. The van der Waals surface area contributed by atoms with Gasteiger partial charge >= 0.3 is 0 Å². The zero-order valence-corrected chi connectivity index (χ0v) is 11.1. The van der Waals surface area contributed by atoms with Crippen LogP contribution in [0.3, 0.4) is 0 Å². The first kappa shape index (κ1) is 11.8. The Hall–Kier alpha value is -2.28. The Morgan fingerprint density at radius 3 is 2.37 bits per heavy atom. The second kappa shape index (κ2) is 4.77. The normalized spacial score (nSPS) is 10.8. The van der Waals surface area contributed by atoms with E-state index in [-0.39, 0.29) is 0 Å². The summed E-state index contributed by atoms with van der Waals surface area (Å²) in [5, 5.41) is 1.28. The van der Waals surface area contributed by atoms with Gasteiger partial charge < -0.3 is 4.57 Å². The highest BCUT2D eigenvalue weighted by molar-refractivity contribution is 5.97. The third-order valence-electron chi connectivity index (χ3n) is 3.58. The molecule has 0 aliphatic heterocycles. The van der Waals surface area contributed by atoms with E-state index in [4.69, 9.17) is 0 Å². The molecule has 0 aliphatic rings. The topological polar surface area (TPSA) is 4.93 Å². The number of rotatable bonds is 3. The van der Waals surface area contributed by atoms with Gasteiger partial charge in [-0.05, 0) is 18.6 Å². The molecule has 3 rings (SSSR count). The van der Waals surface area contributed by atoms with E-state index in [1.165, 1.54) is 27.7 Å². The van der Waals surface area contributed by atoms with Gasteiger partial charge in [0, 0.05) is 23.0 Å². The van der Waals surface area contributed by atoms with Gasteiger partial charge in [0.15, 0.2) is 0 Å². The molecule has 0 saturated heterocycles. The first-order valence-electron chi connectivity index (χ1n) is 6.66. The van der Waals surface area contributed by atoms with E-state index >= 15 is 0 Å². The molecular weight excluding hydrogens is 230 g/mol. The number of hydrogen-bond acceptors (Lipinski definition) is 0. The van der Waals surface area contributed by atoms with Crippen LogP contribution < -0.4 is 0 Å². The molecule has 1 heterocycles. The minimum atomic E-state index is 0.957. The lowest BCUT2D eigenvalue weighted by molar-refractivity contribution is 0.805. The molecule has 19 heavy (non-hydrogen) atoms. The van der Waals surface area contributed by atoms with Crippen molar-refractivity contribution in [3.8, 4) is 11.3 Å². The Labute approximate surface area is 113 Å². The van der Waals surface area contributed by atoms with Crippen LogP contribution in [-0.2, 0) is 6.54 Å². The van der Waals surface area contributed by atoms with E-state index in [2.05, 4.69) is 72.7 Å². The van der Waals surface area contributed by atoms with Gasteiger partial charge in [0.25, 0.3) is 0 Å². The van der Waals surface area contributed by atoms with Gasteiger partial charge in [-0.2, -0.15) is 0 Å². The Morgan fingerprint density at radius 2 is 1.68 bits per heavy atom. The van der Waals surface area contributed by atoms with Crippen LogP contribution in [0.1, 0.15) is 12.5 Å². The SMILES string of the molecule is C=Cc1c(-c2ccccc2)n(CC)c2ccccc12. The summed E-state index contributed by atoms with van der Waals surface area (Å²) in [6, 6.07) is 19.1. The first-order chi connectivity index (χ1) is 9.36. The number of nitrogens with zero attached hydrogens (tertiary/aromatic N) is 1. The molecule has 0 saturated carbocycles. The number of para-hydroxylation sites is 1. The molecule has 0 atom stereocenters. The molecule has 0 fully saturated rings. The zero-order valence-electron chi connectivity index (χ0n) is 11.1. The Morgan fingerprint density at radius 1 is 1.00 bits per heavy atom. The molecule has 0 N–H and O–H groups in total. The van der Waals surface area contributed by atoms with Crippen molar-refractivity contribution in [2.45, 2.75) is 13.5 Å². The molecule has 94 valence electrons. The molecule has 1 heteroatoms. The van der Waals surface area contributed by atoms with E-state index in [0.29, 0.717) is 0 Å². The number of fused-ring (bicyclic) bond motifs is 1. The second-order valence-electron chi connectivity index (χ2n) is 4.59. The van der Waals surface area contributed by atoms with Crippen molar-refractivity contribution < 1.29 is 0 Å². The number of aryl methyl sites for hydroxylation is 1. The van der Waals surface area contributed by atoms with Crippen molar-refractivity contribution in [3.05, 3.63) is 66.7 Å². The fraction of sp³-hybridized carbons (Fsp3) is 0.111. The van der Waals surface area contributed by atoms with Crippen LogP contribution >= 0.6 is 0 Å². The van der Waals surface area contributed by atoms with E-state index < -0.39 is 0 Å². The lowest BCUT2D eigenvalue weighted by Crippen LogP contribution is -1.97. The number of benzene rings is 2. The van der Waals surface area contributed by atoms with Crippen molar-refractivity contribution in [1.29, 1.82) is 0 Å². The molecule has 0 aliphatic carbocycles. The summed E-state index contributed by atoms with van der Waals surface area (Å²) in [6.45, 7) is 7.14. The van der Waals surface area contributed by atoms with Gasteiger partial charge in [0.2, 0.25) is 0 Å². The fourth-order valence-corrected chi connectivity index (χ4v) is 2.77. The Kier molecular flexibility index (Phi) is 2.96. The zero-order chi connectivity index (χ0) is 13.2. The molecule has 3 aromatic rings. The van der Waals surface area contributed by atoms with Crippen LogP contribution in [0.25, 0.3) is 28.2 Å². The maximum absolute atomic E-state index is 4.00. The third-order valence-corrected chi connectivity index (χ3v) is 3.58. The molecule has 0 unspecified atom stereocenters. The minimum Gasteiger partial charge on any atom is -0.340 e. The smallest absolute Gasteiger partial charge is 0.0564 e. The summed E-state index contributed by atoms with van der Waals surface area (Å²) in [4.78, 5) is 0. The van der Waals surface area contributed by atoms with Crippen LogP contribution in [-0.4, -0.2) is 4.57 Å². The highest BCUT2D eigenvalue weighted by Gasteiger charge is 2.14. The van der Waals surface area contributed by atoms with Crippen LogP contribution in [0.15, 0.2) is 61.2 Å². The van der Waals surface area contributed by atoms with Crippen LogP contribution in [0.5, 0.6) is 0 Å². The average Bonchev–Trinajstić information content (AvgIpc) is 2.81. The monoisotopic (exact) mass is 247 g/mol. The maximum Gasteiger partial charge on any atom is 0.0564 e. The van der Waals surface area contributed by atoms with Gasteiger partial charge in [-0.15, -0.1) is 0 Å². The summed E-state index contributed by atoms with van der Waals surface area (Å²) < 4.78 is 2.36. The van der Waals surface area contributed by atoms with Crippen LogP contribution in [0.2, 0.25) is 0 Å². The standard InChI is InChI=1S/C18H17N/c1-3-15-16-12-8-9-13-17(16)19(4-2)18(15)14-10-6-5-7-11-14/h3,5-13H,1,4H2,2H3. The lowest BCUT2D eigenvalue weighted by atomic mass is 10.1. The van der Waals surface area contributed by atoms with Gasteiger partial charge in [0.05, 0.1) is 5.69 Å². The molecule has 0 amide bonds. The van der Waals surface area contributed by atoms with E-state index in [1.54, 1.807) is 0 Å². The van der Waals surface area contributed by atoms with Gasteiger partial charge in [-0.25, -0.2) is 0 Å². The Balaban J connectivity index is 2.43. The van der Waals surface area contributed by atoms with Crippen molar-refractivity contribution in [2.24, 2.45) is 0 Å². The Bertz CT molecular complexity index is 720. The number of aromatic nitrogens is 1. The van der Waals surface area contributed by atoms with Gasteiger partial charge in [0.1, 0.15) is 0 Å². The predicted molar refractivity (Wildman–Crippen MR) is 83.1 cm³/mol. The van der Waals surface area contributed by atoms with Crippen molar-refractivity contribution in [1.82, 2.24) is 4.57 Å². The maximum atomic E-state index is 4.00. The van der Waals surface area contributed by atoms with Crippen molar-refractivity contribution in [3.63, 3.8) is 0 Å². The van der Waals surface area contributed by atoms with Gasteiger partial charge in [-0.3, -0.25) is 0 Å². The predicted octanol–water partition coefficient (Wildman–Crippen LogP) is 4.97. The van der Waals surface area contributed by atoms with Crippen LogP contribution in [0, 0.1) is 0 Å². The van der Waals surface area contributed by atoms with E-state index in [1.807, 2.05) is 6.08 Å². The second-order valence-corrected chi connectivity index (χ2v) is 4.59. The van der Waals surface area contributed by atoms with Crippen LogP contribution in [0.4, 0.5) is 0 Å². The van der Waals surface area contributed by atoms with E-state index in [0.717, 1.165) is 6.54 Å². The van der Waals surface area contributed by atoms with Crippen molar-refractivity contribution >= 4 is 17.0 Å². The molecule has 1 nitrogen and oxygen atoms in total. The molecule has 1 aromatic heterocycles. The van der Waals surface area contributed by atoms with E-state index in [9.17, 15) is 0 Å². The summed E-state index contributed by atoms with van der Waals surface area (Å²) in [7, 11) is 0. The molecule has 0 bridgehead atoms. The fourth-order valence-electron chi connectivity index (χ4n) is 2.77. The minimum absolute atomic E-state index is 0.957. The largest absolute Gasteiger partial charge is 0.340 e. The summed E-state index contributed by atoms with van der Waals surface area (Å²) in [6.07, 6.45) is 1.97. The average molecular weight is 247 g/mol. The molecule has 0 radical (unpaired) electrons. The molecule has 0 spiro atoms. The lowest BCUT2D eigenvalue weighted by Gasteiger charge is -2.09.